The van der Waals surface area contributed by atoms with Crippen LogP contribution in [-0.4, -0.2) is 11.8 Å². The lowest BCUT2D eigenvalue weighted by atomic mass is 10.0. The number of carbonyl (C=O) groups excluding carboxylic acids is 2. The van der Waals surface area contributed by atoms with E-state index in [0.717, 1.165) is 17.7 Å². The molecule has 0 spiro atoms. The minimum atomic E-state index is -4.50. The van der Waals surface area contributed by atoms with E-state index in [1.54, 1.807) is 12.1 Å². The van der Waals surface area contributed by atoms with Crippen LogP contribution in [0.2, 0.25) is 0 Å². The Morgan fingerprint density at radius 3 is 2.27 bits per heavy atom. The Hall–Kier alpha value is -2.83. The molecular formula is C19H19F3N2O2. The third-order valence-electron chi connectivity index (χ3n) is 3.65. The average molecular weight is 364 g/mol. The first kappa shape index (κ1) is 19.5. The predicted molar refractivity (Wildman–Crippen MR) is 93.9 cm³/mol. The van der Waals surface area contributed by atoms with Gasteiger partial charge in [0.25, 0.3) is 0 Å². The van der Waals surface area contributed by atoms with Crippen molar-refractivity contribution in [3.05, 3.63) is 59.7 Å². The van der Waals surface area contributed by atoms with Crippen LogP contribution in [0.15, 0.2) is 48.5 Å². The van der Waals surface area contributed by atoms with Crippen LogP contribution in [0.1, 0.15) is 37.3 Å². The Balaban J connectivity index is 1.99. The van der Waals surface area contributed by atoms with Crippen molar-refractivity contribution in [2.24, 2.45) is 0 Å². The third-order valence-corrected chi connectivity index (χ3v) is 3.65. The van der Waals surface area contributed by atoms with Gasteiger partial charge in [0, 0.05) is 11.4 Å². The maximum absolute atomic E-state index is 12.7. The second-order valence-electron chi connectivity index (χ2n) is 6.09. The molecule has 2 rings (SSSR count). The molecule has 2 amide bonds. The standard InChI is InChI=1S/C19H19F3N2O2/c1-12(2)15-8-3-4-9-16(15)24-18(26)11-17(25)23-14-7-5-6-13(10-14)19(20,21)22/h3-10,12H,11H2,1-2H3,(H,23,25)(H,24,26). The molecule has 0 aliphatic carbocycles. The first-order valence-corrected chi connectivity index (χ1v) is 8.02. The minimum Gasteiger partial charge on any atom is -0.326 e. The molecule has 0 saturated carbocycles. The number of halogens is 3. The van der Waals surface area contributed by atoms with Gasteiger partial charge in [-0.3, -0.25) is 9.59 Å². The second-order valence-corrected chi connectivity index (χ2v) is 6.09. The van der Waals surface area contributed by atoms with E-state index in [1.165, 1.54) is 12.1 Å². The van der Waals surface area contributed by atoms with E-state index in [-0.39, 0.29) is 11.6 Å². The van der Waals surface area contributed by atoms with Crippen molar-refractivity contribution < 1.29 is 22.8 Å². The molecule has 2 aromatic rings. The van der Waals surface area contributed by atoms with Gasteiger partial charge in [-0.05, 0) is 35.7 Å². The van der Waals surface area contributed by atoms with Gasteiger partial charge in [0.15, 0.2) is 0 Å². The summed E-state index contributed by atoms with van der Waals surface area (Å²) in [7, 11) is 0. The number of alkyl halides is 3. The largest absolute Gasteiger partial charge is 0.416 e. The lowest BCUT2D eigenvalue weighted by Gasteiger charge is -2.14. The molecule has 0 aliphatic rings. The van der Waals surface area contributed by atoms with Crippen molar-refractivity contribution >= 4 is 23.2 Å². The summed E-state index contributed by atoms with van der Waals surface area (Å²) in [5.74, 6) is -1.04. The summed E-state index contributed by atoms with van der Waals surface area (Å²) in [5.41, 5.74) is 0.657. The number of benzene rings is 2. The lowest BCUT2D eigenvalue weighted by Crippen LogP contribution is -2.22. The number of anilines is 2. The predicted octanol–water partition coefficient (Wildman–Crippen LogP) is 4.80. The van der Waals surface area contributed by atoms with Crippen LogP contribution in [-0.2, 0) is 15.8 Å². The van der Waals surface area contributed by atoms with Crippen LogP contribution in [0.3, 0.4) is 0 Å². The van der Waals surface area contributed by atoms with Gasteiger partial charge in [0.2, 0.25) is 11.8 Å². The molecule has 0 radical (unpaired) electrons. The van der Waals surface area contributed by atoms with E-state index in [0.29, 0.717) is 5.69 Å². The van der Waals surface area contributed by atoms with Crippen LogP contribution in [0.25, 0.3) is 0 Å². The van der Waals surface area contributed by atoms with Crippen LogP contribution >= 0.6 is 0 Å². The summed E-state index contributed by atoms with van der Waals surface area (Å²) in [6.07, 6.45) is -5.00. The van der Waals surface area contributed by atoms with Gasteiger partial charge in [-0.25, -0.2) is 0 Å². The second kappa shape index (κ2) is 8.03. The van der Waals surface area contributed by atoms with Crippen LogP contribution < -0.4 is 10.6 Å². The highest BCUT2D eigenvalue weighted by atomic mass is 19.4. The number of hydrogen-bond acceptors (Lipinski definition) is 2. The van der Waals surface area contributed by atoms with Crippen molar-refractivity contribution in [3.8, 4) is 0 Å². The monoisotopic (exact) mass is 364 g/mol. The maximum Gasteiger partial charge on any atom is 0.416 e. The van der Waals surface area contributed by atoms with Crippen molar-refractivity contribution in [2.45, 2.75) is 32.4 Å². The summed E-state index contributed by atoms with van der Waals surface area (Å²) in [5, 5.41) is 4.97. The van der Waals surface area contributed by atoms with E-state index in [2.05, 4.69) is 10.6 Å². The summed E-state index contributed by atoms with van der Waals surface area (Å²) in [6, 6.07) is 11.5. The maximum atomic E-state index is 12.7. The van der Waals surface area contributed by atoms with E-state index >= 15 is 0 Å². The number of carbonyl (C=O) groups is 2. The van der Waals surface area contributed by atoms with Crippen LogP contribution in [0.4, 0.5) is 24.5 Å². The highest BCUT2D eigenvalue weighted by Crippen LogP contribution is 2.30. The molecule has 2 aromatic carbocycles. The molecule has 0 aliphatic heterocycles. The van der Waals surface area contributed by atoms with Crippen molar-refractivity contribution in [1.82, 2.24) is 0 Å². The molecule has 26 heavy (non-hydrogen) atoms. The van der Waals surface area contributed by atoms with Gasteiger partial charge in [-0.15, -0.1) is 0 Å². The Morgan fingerprint density at radius 2 is 1.62 bits per heavy atom. The SMILES string of the molecule is CC(C)c1ccccc1NC(=O)CC(=O)Nc1cccc(C(F)(F)F)c1. The number of hydrogen-bond donors (Lipinski definition) is 2. The molecule has 0 atom stereocenters. The quantitative estimate of drug-likeness (QED) is 0.749. The minimum absolute atomic E-state index is 0.0137. The van der Waals surface area contributed by atoms with Gasteiger partial charge in [0.05, 0.1) is 5.56 Å². The van der Waals surface area contributed by atoms with Crippen molar-refractivity contribution in [3.63, 3.8) is 0 Å². The zero-order valence-electron chi connectivity index (χ0n) is 14.4. The molecule has 4 nitrogen and oxygen atoms in total. The van der Waals surface area contributed by atoms with Crippen LogP contribution in [0, 0.1) is 0 Å². The van der Waals surface area contributed by atoms with Gasteiger partial charge in [-0.2, -0.15) is 13.2 Å². The van der Waals surface area contributed by atoms with Gasteiger partial charge in [0.1, 0.15) is 6.42 Å². The Bertz CT molecular complexity index is 801. The summed E-state index contributed by atoms with van der Waals surface area (Å²) in [4.78, 5) is 24.0. The van der Waals surface area contributed by atoms with E-state index < -0.39 is 30.0 Å². The van der Waals surface area contributed by atoms with E-state index in [1.807, 2.05) is 26.0 Å². The lowest BCUT2D eigenvalue weighted by molar-refractivity contribution is -0.137. The molecule has 7 heteroatoms. The smallest absolute Gasteiger partial charge is 0.326 e. The fourth-order valence-electron chi connectivity index (χ4n) is 2.43. The normalized spacial score (nSPS) is 11.3. The van der Waals surface area contributed by atoms with E-state index in [4.69, 9.17) is 0 Å². The Labute approximate surface area is 149 Å². The molecule has 0 unspecified atom stereocenters. The van der Waals surface area contributed by atoms with Gasteiger partial charge >= 0.3 is 6.18 Å². The Morgan fingerprint density at radius 1 is 0.962 bits per heavy atom. The zero-order chi connectivity index (χ0) is 19.3. The highest BCUT2D eigenvalue weighted by Gasteiger charge is 2.30. The fraction of sp³-hybridized carbons (Fsp3) is 0.263. The van der Waals surface area contributed by atoms with E-state index in [9.17, 15) is 22.8 Å². The fourth-order valence-corrected chi connectivity index (χ4v) is 2.43. The molecule has 0 heterocycles. The molecule has 0 saturated heterocycles. The summed E-state index contributed by atoms with van der Waals surface area (Å²) in [6.45, 7) is 3.96. The number of rotatable bonds is 5. The topological polar surface area (TPSA) is 58.2 Å². The molecule has 2 N–H and O–H groups in total. The summed E-state index contributed by atoms with van der Waals surface area (Å²) < 4.78 is 38.1. The molecular weight excluding hydrogens is 345 g/mol. The molecule has 0 fully saturated rings. The number of amides is 2. The molecule has 138 valence electrons. The Kier molecular flexibility index (Phi) is 6.02. The average Bonchev–Trinajstić information content (AvgIpc) is 2.54. The zero-order valence-corrected chi connectivity index (χ0v) is 14.4. The van der Waals surface area contributed by atoms with Crippen LogP contribution in [0.5, 0.6) is 0 Å². The van der Waals surface area contributed by atoms with Gasteiger partial charge in [-0.1, -0.05) is 38.1 Å². The summed E-state index contributed by atoms with van der Waals surface area (Å²) >= 11 is 0. The van der Waals surface area contributed by atoms with Crippen molar-refractivity contribution in [2.75, 3.05) is 10.6 Å². The number of para-hydroxylation sites is 1. The molecule has 0 bridgehead atoms. The third kappa shape index (κ3) is 5.34. The van der Waals surface area contributed by atoms with Crippen molar-refractivity contribution in [1.29, 1.82) is 0 Å². The number of nitrogens with one attached hydrogen (secondary N) is 2. The molecule has 0 aromatic heterocycles. The highest BCUT2D eigenvalue weighted by molar-refractivity contribution is 6.08. The first-order valence-electron chi connectivity index (χ1n) is 8.02. The van der Waals surface area contributed by atoms with Gasteiger partial charge < -0.3 is 10.6 Å². The first-order chi connectivity index (χ1) is 12.2.